The smallest absolute Gasteiger partial charge is 0.169 e. The molecule has 5 nitrogen and oxygen atoms in total. The van der Waals surface area contributed by atoms with Gasteiger partial charge in [-0.25, -0.2) is 9.97 Å². The van der Waals surface area contributed by atoms with Crippen LogP contribution < -0.4 is 4.74 Å². The zero-order chi connectivity index (χ0) is 16.4. The number of rotatable bonds is 4. The molecule has 0 amide bonds. The highest BCUT2D eigenvalue weighted by molar-refractivity contribution is 7.13. The van der Waals surface area contributed by atoms with E-state index in [1.54, 1.807) is 24.6 Å². The SMILES string of the molecule is COc1ccncc1CN1CCc2nc(-c3cccs3)ncc2C1. The van der Waals surface area contributed by atoms with E-state index in [1.165, 1.54) is 11.3 Å². The highest BCUT2D eigenvalue weighted by Gasteiger charge is 2.20. The summed E-state index contributed by atoms with van der Waals surface area (Å²) in [5, 5.41) is 2.06. The average molecular weight is 338 g/mol. The molecule has 3 aromatic rings. The Hall–Kier alpha value is -2.31. The number of aromatic nitrogens is 3. The highest BCUT2D eigenvalue weighted by atomic mass is 32.1. The Morgan fingerprint density at radius 3 is 3.08 bits per heavy atom. The van der Waals surface area contributed by atoms with Gasteiger partial charge in [0.2, 0.25) is 0 Å². The minimum Gasteiger partial charge on any atom is -0.496 e. The number of hydrogen-bond donors (Lipinski definition) is 0. The Labute approximate surface area is 145 Å². The normalized spacial score (nSPS) is 14.4. The third kappa shape index (κ3) is 3.02. The van der Waals surface area contributed by atoms with E-state index in [0.29, 0.717) is 0 Å². The molecule has 0 atom stereocenters. The maximum atomic E-state index is 5.42. The number of hydrogen-bond acceptors (Lipinski definition) is 6. The molecular weight excluding hydrogens is 320 g/mol. The van der Waals surface area contributed by atoms with Gasteiger partial charge in [-0.15, -0.1) is 11.3 Å². The lowest BCUT2D eigenvalue weighted by Crippen LogP contribution is -2.31. The molecule has 1 aliphatic rings. The van der Waals surface area contributed by atoms with Crippen LogP contribution in [0.15, 0.2) is 42.2 Å². The summed E-state index contributed by atoms with van der Waals surface area (Å²) in [5.41, 5.74) is 3.49. The Morgan fingerprint density at radius 2 is 2.25 bits per heavy atom. The van der Waals surface area contributed by atoms with E-state index >= 15 is 0 Å². The third-order valence-electron chi connectivity index (χ3n) is 4.23. The van der Waals surface area contributed by atoms with Crippen LogP contribution in [0.4, 0.5) is 0 Å². The monoisotopic (exact) mass is 338 g/mol. The first kappa shape index (κ1) is 15.2. The first-order valence-corrected chi connectivity index (χ1v) is 8.79. The molecule has 0 saturated heterocycles. The van der Waals surface area contributed by atoms with Gasteiger partial charge in [0.25, 0.3) is 0 Å². The molecule has 0 aromatic carbocycles. The van der Waals surface area contributed by atoms with Crippen LogP contribution in [0.2, 0.25) is 0 Å². The lowest BCUT2D eigenvalue weighted by molar-refractivity contribution is 0.239. The quantitative estimate of drug-likeness (QED) is 0.731. The Kier molecular flexibility index (Phi) is 4.23. The molecule has 24 heavy (non-hydrogen) atoms. The van der Waals surface area contributed by atoms with Crippen LogP contribution in [-0.2, 0) is 19.5 Å². The fraction of sp³-hybridized carbons (Fsp3) is 0.278. The second kappa shape index (κ2) is 6.67. The summed E-state index contributed by atoms with van der Waals surface area (Å²) in [6, 6.07) is 6.01. The van der Waals surface area contributed by atoms with Crippen molar-refractivity contribution in [3.05, 3.63) is 59.0 Å². The summed E-state index contributed by atoms with van der Waals surface area (Å²) in [5.74, 6) is 1.73. The van der Waals surface area contributed by atoms with E-state index in [0.717, 1.165) is 48.1 Å². The molecule has 0 aliphatic carbocycles. The molecule has 122 valence electrons. The summed E-state index contributed by atoms with van der Waals surface area (Å²) in [6.07, 6.45) is 6.56. The van der Waals surface area contributed by atoms with E-state index in [-0.39, 0.29) is 0 Å². The lowest BCUT2D eigenvalue weighted by atomic mass is 10.1. The Morgan fingerprint density at radius 1 is 1.29 bits per heavy atom. The van der Waals surface area contributed by atoms with Crippen LogP contribution in [0.25, 0.3) is 10.7 Å². The highest BCUT2D eigenvalue weighted by Crippen LogP contribution is 2.26. The molecule has 3 aromatic heterocycles. The van der Waals surface area contributed by atoms with Gasteiger partial charge in [-0.2, -0.15) is 0 Å². The van der Waals surface area contributed by atoms with Gasteiger partial charge in [-0.1, -0.05) is 6.07 Å². The van der Waals surface area contributed by atoms with Crippen molar-refractivity contribution in [2.45, 2.75) is 19.5 Å². The first-order valence-electron chi connectivity index (χ1n) is 7.91. The first-order chi connectivity index (χ1) is 11.8. The molecule has 0 unspecified atom stereocenters. The zero-order valence-electron chi connectivity index (χ0n) is 13.5. The topological polar surface area (TPSA) is 51.1 Å². The maximum Gasteiger partial charge on any atom is 0.169 e. The Bertz CT molecular complexity index is 835. The summed E-state index contributed by atoms with van der Waals surface area (Å²) in [7, 11) is 1.70. The molecule has 1 aliphatic heterocycles. The van der Waals surface area contributed by atoms with Crippen LogP contribution in [0.5, 0.6) is 5.75 Å². The standard InChI is InChI=1S/C18H18N4OS/c1-23-16-4-6-19-9-14(16)12-22-7-5-15-13(11-22)10-20-18(21-15)17-3-2-8-24-17/h2-4,6,8-10H,5,7,11-12H2,1H3. The molecule has 0 radical (unpaired) electrons. The van der Waals surface area contributed by atoms with Crippen LogP contribution in [0.1, 0.15) is 16.8 Å². The molecule has 0 N–H and O–H groups in total. The van der Waals surface area contributed by atoms with Crippen LogP contribution in [-0.4, -0.2) is 33.5 Å². The third-order valence-corrected chi connectivity index (χ3v) is 5.09. The van der Waals surface area contributed by atoms with Gasteiger partial charge >= 0.3 is 0 Å². The van der Waals surface area contributed by atoms with Gasteiger partial charge in [0.1, 0.15) is 5.75 Å². The molecule has 0 saturated carbocycles. The van der Waals surface area contributed by atoms with Crippen molar-refractivity contribution < 1.29 is 4.74 Å². The van der Waals surface area contributed by atoms with Crippen molar-refractivity contribution in [2.24, 2.45) is 0 Å². The van der Waals surface area contributed by atoms with E-state index in [1.807, 2.05) is 24.5 Å². The molecule has 6 heteroatoms. The molecule has 4 heterocycles. The minimum atomic E-state index is 0.823. The summed E-state index contributed by atoms with van der Waals surface area (Å²) in [4.78, 5) is 17.0. The predicted octanol–water partition coefficient (Wildman–Crippen LogP) is 3.17. The van der Waals surface area contributed by atoms with Gasteiger partial charge in [-0.3, -0.25) is 9.88 Å². The maximum absolute atomic E-state index is 5.42. The van der Waals surface area contributed by atoms with Crippen LogP contribution in [0, 0.1) is 0 Å². The second-order valence-corrected chi connectivity index (χ2v) is 6.74. The Balaban J connectivity index is 1.52. The predicted molar refractivity (Wildman–Crippen MR) is 94.0 cm³/mol. The summed E-state index contributed by atoms with van der Waals surface area (Å²) >= 11 is 1.68. The molecule has 0 fully saturated rings. The molecular formula is C18H18N4OS. The van der Waals surface area contributed by atoms with E-state index in [4.69, 9.17) is 9.72 Å². The molecule has 4 rings (SSSR count). The van der Waals surface area contributed by atoms with Crippen molar-refractivity contribution in [1.29, 1.82) is 0 Å². The van der Waals surface area contributed by atoms with E-state index in [2.05, 4.69) is 26.3 Å². The van der Waals surface area contributed by atoms with E-state index < -0.39 is 0 Å². The largest absolute Gasteiger partial charge is 0.496 e. The zero-order valence-corrected chi connectivity index (χ0v) is 14.3. The van der Waals surface area contributed by atoms with Crippen molar-refractivity contribution in [1.82, 2.24) is 19.9 Å². The summed E-state index contributed by atoms with van der Waals surface area (Å²) in [6.45, 7) is 2.66. The van der Waals surface area contributed by atoms with Crippen molar-refractivity contribution in [3.63, 3.8) is 0 Å². The van der Waals surface area contributed by atoms with Gasteiger partial charge in [0.15, 0.2) is 5.82 Å². The number of nitrogens with zero attached hydrogens (tertiary/aromatic N) is 4. The summed E-state index contributed by atoms with van der Waals surface area (Å²) < 4.78 is 5.42. The minimum absolute atomic E-state index is 0.823. The van der Waals surface area contributed by atoms with Crippen molar-refractivity contribution in [3.8, 4) is 16.5 Å². The number of methoxy groups -OCH3 is 1. The fourth-order valence-corrected chi connectivity index (χ4v) is 3.67. The van der Waals surface area contributed by atoms with Gasteiger partial charge in [0, 0.05) is 55.8 Å². The van der Waals surface area contributed by atoms with Crippen LogP contribution in [0.3, 0.4) is 0 Å². The number of fused-ring (bicyclic) bond motifs is 1. The van der Waals surface area contributed by atoms with E-state index in [9.17, 15) is 0 Å². The average Bonchev–Trinajstić information content (AvgIpc) is 3.16. The van der Waals surface area contributed by atoms with Crippen molar-refractivity contribution >= 4 is 11.3 Å². The van der Waals surface area contributed by atoms with Gasteiger partial charge in [0.05, 0.1) is 17.7 Å². The number of ether oxygens (including phenoxy) is 1. The van der Waals surface area contributed by atoms with Crippen molar-refractivity contribution in [2.75, 3.05) is 13.7 Å². The second-order valence-electron chi connectivity index (χ2n) is 5.79. The van der Waals surface area contributed by atoms with Gasteiger partial charge in [-0.05, 0) is 17.5 Å². The number of thiophene rings is 1. The molecule has 0 bridgehead atoms. The van der Waals surface area contributed by atoms with Gasteiger partial charge < -0.3 is 4.74 Å². The van der Waals surface area contributed by atoms with Crippen LogP contribution >= 0.6 is 11.3 Å². The fourth-order valence-electron chi connectivity index (χ4n) is 3.01. The number of pyridine rings is 1. The molecule has 0 spiro atoms. The lowest BCUT2D eigenvalue weighted by Gasteiger charge is -2.28.